The van der Waals surface area contributed by atoms with E-state index in [4.69, 9.17) is 0 Å². The Morgan fingerprint density at radius 1 is 1.12 bits per heavy atom. The second-order valence-corrected chi connectivity index (χ2v) is 7.15. The zero-order valence-corrected chi connectivity index (χ0v) is 15.0. The lowest BCUT2D eigenvalue weighted by Gasteiger charge is -2.42. The van der Waals surface area contributed by atoms with Crippen LogP contribution in [0.5, 0.6) is 0 Å². The maximum absolute atomic E-state index is 11.6. The molecule has 5 nitrogen and oxygen atoms in total. The molecule has 0 aromatic heterocycles. The molecule has 24 heavy (non-hydrogen) atoms. The van der Waals surface area contributed by atoms with Gasteiger partial charge < -0.3 is 10.2 Å². The summed E-state index contributed by atoms with van der Waals surface area (Å²) in [5.41, 5.74) is 2.01. The van der Waals surface area contributed by atoms with Crippen molar-refractivity contribution in [2.24, 2.45) is 0 Å². The van der Waals surface area contributed by atoms with Gasteiger partial charge in [0.25, 0.3) is 5.91 Å². The first-order valence-electron chi connectivity index (χ1n) is 9.11. The van der Waals surface area contributed by atoms with Crippen molar-refractivity contribution in [1.29, 1.82) is 0 Å². The lowest BCUT2D eigenvalue weighted by Crippen LogP contribution is -2.54. The van der Waals surface area contributed by atoms with Crippen LogP contribution in [-0.4, -0.2) is 80.0 Å². The summed E-state index contributed by atoms with van der Waals surface area (Å²) in [7, 11) is 3.91. The number of carbonyl (C=O) groups excluding carboxylic acids is 1. The number of piperazine rings is 1. The number of likely N-dealkylation sites (tertiary alicyclic amines) is 1. The molecule has 132 valence electrons. The number of nitrogens with one attached hydrogen (secondary N) is 1. The highest BCUT2D eigenvalue weighted by Gasteiger charge is 2.26. The summed E-state index contributed by atoms with van der Waals surface area (Å²) in [6, 6.07) is 8.74. The van der Waals surface area contributed by atoms with Crippen molar-refractivity contribution < 1.29 is 4.79 Å². The highest BCUT2D eigenvalue weighted by Crippen LogP contribution is 2.17. The largest absolute Gasteiger partial charge is 0.355 e. The van der Waals surface area contributed by atoms with Crippen LogP contribution in [-0.2, 0) is 6.54 Å². The van der Waals surface area contributed by atoms with Crippen LogP contribution >= 0.6 is 0 Å². The molecule has 3 rings (SSSR count). The van der Waals surface area contributed by atoms with Gasteiger partial charge in [-0.05, 0) is 44.1 Å². The predicted molar refractivity (Wildman–Crippen MR) is 97.2 cm³/mol. The minimum absolute atomic E-state index is 0.0207. The molecule has 1 aromatic rings. The van der Waals surface area contributed by atoms with Crippen molar-refractivity contribution in [2.45, 2.75) is 25.4 Å². The maximum Gasteiger partial charge on any atom is 0.251 e. The average molecular weight is 330 g/mol. The van der Waals surface area contributed by atoms with E-state index in [1.54, 1.807) is 7.05 Å². The van der Waals surface area contributed by atoms with E-state index in [-0.39, 0.29) is 5.91 Å². The first-order valence-corrected chi connectivity index (χ1v) is 9.11. The molecule has 1 amide bonds. The van der Waals surface area contributed by atoms with Crippen LogP contribution in [0, 0.1) is 0 Å². The summed E-state index contributed by atoms with van der Waals surface area (Å²) in [5, 5.41) is 2.66. The number of carbonyl (C=O) groups is 1. The molecule has 0 spiro atoms. The van der Waals surface area contributed by atoms with Crippen LogP contribution in [0.2, 0.25) is 0 Å². The number of nitrogens with zero attached hydrogens (tertiary/aromatic N) is 3. The van der Waals surface area contributed by atoms with Crippen molar-refractivity contribution in [2.75, 3.05) is 53.4 Å². The first-order chi connectivity index (χ1) is 11.7. The summed E-state index contributed by atoms with van der Waals surface area (Å²) in [4.78, 5) is 19.3. The van der Waals surface area contributed by atoms with E-state index in [1.807, 2.05) is 12.1 Å². The molecule has 0 bridgehead atoms. The van der Waals surface area contributed by atoms with E-state index in [1.165, 1.54) is 44.6 Å². The van der Waals surface area contributed by atoms with E-state index in [2.05, 4.69) is 39.2 Å². The minimum atomic E-state index is -0.0207. The predicted octanol–water partition coefficient (Wildman–Crippen LogP) is 1.26. The molecule has 1 atom stereocenters. The number of likely N-dealkylation sites (N-methyl/N-ethyl adjacent to an activating group) is 1. The zero-order valence-electron chi connectivity index (χ0n) is 15.0. The van der Waals surface area contributed by atoms with Crippen LogP contribution in [0.1, 0.15) is 28.8 Å². The van der Waals surface area contributed by atoms with Crippen molar-refractivity contribution in [1.82, 2.24) is 20.0 Å². The van der Waals surface area contributed by atoms with Gasteiger partial charge in [-0.2, -0.15) is 0 Å². The zero-order chi connectivity index (χ0) is 16.9. The number of piperidine rings is 1. The summed E-state index contributed by atoms with van der Waals surface area (Å²) in [5.74, 6) is -0.0207. The molecule has 2 heterocycles. The van der Waals surface area contributed by atoms with Gasteiger partial charge in [-0.25, -0.2) is 0 Å². The van der Waals surface area contributed by atoms with Gasteiger partial charge in [0.1, 0.15) is 0 Å². The van der Waals surface area contributed by atoms with Crippen molar-refractivity contribution in [3.63, 3.8) is 0 Å². The number of amides is 1. The molecule has 2 aliphatic rings. The van der Waals surface area contributed by atoms with Crippen LogP contribution in [0.15, 0.2) is 24.3 Å². The summed E-state index contributed by atoms with van der Waals surface area (Å²) < 4.78 is 0. The number of rotatable bonds is 4. The third-order valence-electron chi connectivity index (χ3n) is 5.37. The highest BCUT2D eigenvalue weighted by atomic mass is 16.1. The third-order valence-corrected chi connectivity index (χ3v) is 5.37. The minimum Gasteiger partial charge on any atom is -0.355 e. The number of hydrogen-bond acceptors (Lipinski definition) is 4. The van der Waals surface area contributed by atoms with Crippen LogP contribution in [0.25, 0.3) is 0 Å². The maximum atomic E-state index is 11.6. The van der Waals surface area contributed by atoms with E-state index in [0.717, 1.165) is 31.2 Å². The van der Waals surface area contributed by atoms with E-state index in [9.17, 15) is 4.79 Å². The summed E-state index contributed by atoms with van der Waals surface area (Å²) in [6.45, 7) is 8.08. The smallest absolute Gasteiger partial charge is 0.251 e. The SMILES string of the molecule is CNC(=O)c1ccc(CN2CCN(C3CCCN(C)C3)CC2)cc1. The van der Waals surface area contributed by atoms with Crippen LogP contribution in [0.4, 0.5) is 0 Å². The molecule has 1 N–H and O–H groups in total. The second-order valence-electron chi connectivity index (χ2n) is 7.15. The van der Waals surface area contributed by atoms with Crippen molar-refractivity contribution in [3.05, 3.63) is 35.4 Å². The molecule has 5 heteroatoms. The van der Waals surface area contributed by atoms with Crippen LogP contribution in [0.3, 0.4) is 0 Å². The first kappa shape index (κ1) is 17.4. The Morgan fingerprint density at radius 2 is 1.83 bits per heavy atom. The quantitative estimate of drug-likeness (QED) is 0.902. The molecular weight excluding hydrogens is 300 g/mol. The Labute approximate surface area is 145 Å². The Kier molecular flexibility index (Phi) is 5.87. The van der Waals surface area contributed by atoms with Gasteiger partial charge in [0.15, 0.2) is 0 Å². The van der Waals surface area contributed by atoms with Gasteiger partial charge in [-0.15, -0.1) is 0 Å². The number of benzene rings is 1. The van der Waals surface area contributed by atoms with Crippen molar-refractivity contribution >= 4 is 5.91 Å². The van der Waals surface area contributed by atoms with E-state index < -0.39 is 0 Å². The fraction of sp³-hybridized carbons (Fsp3) is 0.632. The summed E-state index contributed by atoms with van der Waals surface area (Å²) in [6.07, 6.45) is 2.68. The van der Waals surface area contributed by atoms with E-state index >= 15 is 0 Å². The van der Waals surface area contributed by atoms with Gasteiger partial charge >= 0.3 is 0 Å². The monoisotopic (exact) mass is 330 g/mol. The molecule has 2 fully saturated rings. The lowest BCUT2D eigenvalue weighted by molar-refractivity contribution is 0.0568. The Hall–Kier alpha value is -1.43. The molecule has 0 saturated carbocycles. The standard InChI is InChI=1S/C19H30N4O/c1-20-19(24)17-7-5-16(6-8-17)14-22-10-12-23(13-11-22)18-4-3-9-21(2)15-18/h5-8,18H,3-4,9-15H2,1-2H3,(H,20,24). The van der Waals surface area contributed by atoms with Gasteiger partial charge in [0.05, 0.1) is 0 Å². The molecule has 2 saturated heterocycles. The fourth-order valence-corrected chi connectivity index (χ4v) is 3.89. The van der Waals surface area contributed by atoms with E-state index in [0.29, 0.717) is 0 Å². The molecule has 2 aliphatic heterocycles. The van der Waals surface area contributed by atoms with Gasteiger partial charge in [0, 0.05) is 57.9 Å². The second kappa shape index (κ2) is 8.10. The van der Waals surface area contributed by atoms with Gasteiger partial charge in [-0.1, -0.05) is 12.1 Å². The fourth-order valence-electron chi connectivity index (χ4n) is 3.89. The normalized spacial score (nSPS) is 24.0. The van der Waals surface area contributed by atoms with Crippen molar-refractivity contribution in [3.8, 4) is 0 Å². The lowest BCUT2D eigenvalue weighted by atomic mass is 10.0. The third kappa shape index (κ3) is 4.35. The molecular formula is C19H30N4O. The Morgan fingerprint density at radius 3 is 2.46 bits per heavy atom. The Bertz CT molecular complexity index is 537. The Balaban J connectivity index is 1.47. The topological polar surface area (TPSA) is 38.8 Å². The average Bonchev–Trinajstić information content (AvgIpc) is 2.62. The highest BCUT2D eigenvalue weighted by molar-refractivity contribution is 5.93. The summed E-state index contributed by atoms with van der Waals surface area (Å²) >= 11 is 0. The molecule has 0 radical (unpaired) electrons. The molecule has 0 aliphatic carbocycles. The molecule has 1 unspecified atom stereocenters. The van der Waals surface area contributed by atoms with Gasteiger partial charge in [-0.3, -0.25) is 14.6 Å². The van der Waals surface area contributed by atoms with Crippen LogP contribution < -0.4 is 5.32 Å². The van der Waals surface area contributed by atoms with Gasteiger partial charge in [0.2, 0.25) is 0 Å². The molecule has 1 aromatic carbocycles. The number of hydrogen-bond donors (Lipinski definition) is 1.